The Bertz CT molecular complexity index is 710. The van der Waals surface area contributed by atoms with E-state index in [9.17, 15) is 9.90 Å². The number of carboxylic acid groups (broad SMARTS) is 1. The zero-order chi connectivity index (χ0) is 15.8. The monoisotopic (exact) mass is 313 g/mol. The highest BCUT2D eigenvalue weighted by Crippen LogP contribution is 2.45. The number of fused-ring (bicyclic) bond motifs is 1. The lowest BCUT2D eigenvalue weighted by atomic mass is 9.90. The Balaban J connectivity index is 1.62. The summed E-state index contributed by atoms with van der Waals surface area (Å²) in [5.41, 5.74) is 2.03. The van der Waals surface area contributed by atoms with Crippen molar-refractivity contribution in [3.8, 4) is 0 Å². The Morgan fingerprint density at radius 3 is 2.70 bits per heavy atom. The first-order valence-corrected chi connectivity index (χ1v) is 8.66. The molecule has 0 radical (unpaired) electrons. The standard InChI is InChI=1S/C19H23NO3/c21-19(22)11-16(12-1-2-12)14-3-4-15-10-17(23-18(15)9-14)13-5-7-20-8-6-13/h3-4,9-10,12-13,16,20H,1-2,5-8,11H2,(H,21,22). The first-order valence-electron chi connectivity index (χ1n) is 8.66. The minimum Gasteiger partial charge on any atom is -0.481 e. The second kappa shape index (κ2) is 6.00. The van der Waals surface area contributed by atoms with Crippen molar-refractivity contribution in [3.05, 3.63) is 35.6 Å². The number of benzene rings is 1. The number of piperidine rings is 1. The normalized spacial score (nSPS) is 20.7. The van der Waals surface area contributed by atoms with E-state index >= 15 is 0 Å². The molecule has 1 unspecified atom stereocenters. The predicted octanol–water partition coefficient (Wildman–Crippen LogP) is 3.87. The number of carbonyl (C=O) groups is 1. The van der Waals surface area contributed by atoms with E-state index in [1.165, 1.54) is 0 Å². The third-order valence-electron chi connectivity index (χ3n) is 5.32. The number of aliphatic carboxylic acids is 1. The summed E-state index contributed by atoms with van der Waals surface area (Å²) in [4.78, 5) is 11.2. The Labute approximate surface area is 135 Å². The number of hydrogen-bond donors (Lipinski definition) is 2. The summed E-state index contributed by atoms with van der Waals surface area (Å²) < 4.78 is 6.13. The minimum atomic E-state index is -0.711. The zero-order valence-electron chi connectivity index (χ0n) is 13.3. The lowest BCUT2D eigenvalue weighted by Gasteiger charge is -2.20. The molecule has 0 bridgehead atoms. The van der Waals surface area contributed by atoms with Gasteiger partial charge in [0.25, 0.3) is 0 Å². The number of hydrogen-bond acceptors (Lipinski definition) is 3. The van der Waals surface area contributed by atoms with Gasteiger partial charge in [0.1, 0.15) is 11.3 Å². The van der Waals surface area contributed by atoms with Gasteiger partial charge in [-0.05, 0) is 68.3 Å². The Morgan fingerprint density at radius 2 is 2.00 bits per heavy atom. The van der Waals surface area contributed by atoms with Gasteiger partial charge in [-0.15, -0.1) is 0 Å². The summed E-state index contributed by atoms with van der Waals surface area (Å²) in [5.74, 6) is 1.54. The van der Waals surface area contributed by atoms with Crippen molar-refractivity contribution in [2.45, 2.75) is 43.9 Å². The number of nitrogens with one attached hydrogen (secondary N) is 1. The van der Waals surface area contributed by atoms with E-state index in [0.717, 1.165) is 61.1 Å². The van der Waals surface area contributed by atoms with Crippen molar-refractivity contribution in [1.29, 1.82) is 0 Å². The maximum Gasteiger partial charge on any atom is 0.303 e. The first kappa shape index (κ1) is 14.8. The molecule has 2 fully saturated rings. The molecule has 4 heteroatoms. The molecule has 23 heavy (non-hydrogen) atoms. The highest BCUT2D eigenvalue weighted by molar-refractivity contribution is 5.79. The molecule has 1 aliphatic carbocycles. The molecule has 0 spiro atoms. The minimum absolute atomic E-state index is 0.129. The molecule has 1 aromatic heterocycles. The molecule has 1 aliphatic heterocycles. The smallest absolute Gasteiger partial charge is 0.303 e. The molecule has 1 saturated heterocycles. The largest absolute Gasteiger partial charge is 0.481 e. The fourth-order valence-corrected chi connectivity index (χ4v) is 3.85. The van der Waals surface area contributed by atoms with Crippen LogP contribution in [0.3, 0.4) is 0 Å². The van der Waals surface area contributed by atoms with Crippen LogP contribution in [0, 0.1) is 5.92 Å². The SMILES string of the molecule is O=C(O)CC(c1ccc2cc(C3CCNCC3)oc2c1)C1CC1. The molecule has 122 valence electrons. The highest BCUT2D eigenvalue weighted by atomic mass is 16.4. The second-order valence-electron chi connectivity index (χ2n) is 7.01. The summed E-state index contributed by atoms with van der Waals surface area (Å²) in [7, 11) is 0. The number of carboxylic acids is 1. The predicted molar refractivity (Wildman–Crippen MR) is 88.8 cm³/mol. The van der Waals surface area contributed by atoms with Crippen molar-refractivity contribution in [3.63, 3.8) is 0 Å². The topological polar surface area (TPSA) is 62.5 Å². The van der Waals surface area contributed by atoms with E-state index in [0.29, 0.717) is 11.8 Å². The van der Waals surface area contributed by atoms with E-state index < -0.39 is 5.97 Å². The van der Waals surface area contributed by atoms with Gasteiger partial charge in [0.15, 0.2) is 0 Å². The first-order chi connectivity index (χ1) is 11.2. The summed E-state index contributed by atoms with van der Waals surface area (Å²) >= 11 is 0. The lowest BCUT2D eigenvalue weighted by molar-refractivity contribution is -0.137. The van der Waals surface area contributed by atoms with Crippen LogP contribution in [0.5, 0.6) is 0 Å². The van der Waals surface area contributed by atoms with E-state index in [1.54, 1.807) is 0 Å². The molecular formula is C19H23NO3. The van der Waals surface area contributed by atoms with Gasteiger partial charge in [-0.2, -0.15) is 0 Å². The van der Waals surface area contributed by atoms with Crippen LogP contribution in [0.15, 0.2) is 28.7 Å². The van der Waals surface area contributed by atoms with Gasteiger partial charge in [0.05, 0.1) is 6.42 Å². The van der Waals surface area contributed by atoms with Crippen LogP contribution < -0.4 is 5.32 Å². The molecule has 0 amide bonds. The molecule has 2 heterocycles. The van der Waals surface area contributed by atoms with Crippen molar-refractivity contribution in [2.24, 2.45) is 5.92 Å². The molecule has 2 aromatic rings. The van der Waals surface area contributed by atoms with Crippen LogP contribution >= 0.6 is 0 Å². The van der Waals surface area contributed by atoms with E-state index in [1.807, 2.05) is 0 Å². The van der Waals surface area contributed by atoms with E-state index in [4.69, 9.17) is 4.42 Å². The summed E-state index contributed by atoms with van der Waals surface area (Å²) in [6, 6.07) is 8.43. The maximum atomic E-state index is 11.2. The van der Waals surface area contributed by atoms with Gasteiger partial charge < -0.3 is 14.8 Å². The Morgan fingerprint density at radius 1 is 1.22 bits per heavy atom. The van der Waals surface area contributed by atoms with Gasteiger partial charge in [-0.3, -0.25) is 4.79 Å². The lowest BCUT2D eigenvalue weighted by Crippen LogP contribution is -2.26. The van der Waals surface area contributed by atoms with Crippen molar-refractivity contribution < 1.29 is 14.3 Å². The highest BCUT2D eigenvalue weighted by Gasteiger charge is 2.34. The van der Waals surface area contributed by atoms with Gasteiger partial charge in [-0.25, -0.2) is 0 Å². The number of furan rings is 1. The summed E-state index contributed by atoms with van der Waals surface area (Å²) in [6.07, 6.45) is 4.76. The molecule has 4 rings (SSSR count). The second-order valence-corrected chi connectivity index (χ2v) is 7.01. The van der Waals surface area contributed by atoms with Crippen LogP contribution in [0.2, 0.25) is 0 Å². The van der Waals surface area contributed by atoms with Gasteiger partial charge >= 0.3 is 5.97 Å². The third kappa shape index (κ3) is 3.13. The van der Waals surface area contributed by atoms with Crippen LogP contribution in [0.1, 0.15) is 55.3 Å². The fourth-order valence-electron chi connectivity index (χ4n) is 3.85. The molecule has 2 aliphatic rings. The van der Waals surface area contributed by atoms with Crippen LogP contribution in [-0.4, -0.2) is 24.2 Å². The Hall–Kier alpha value is -1.81. The van der Waals surface area contributed by atoms with Crippen LogP contribution in [0.4, 0.5) is 0 Å². The average molecular weight is 313 g/mol. The van der Waals surface area contributed by atoms with Gasteiger partial charge in [-0.1, -0.05) is 12.1 Å². The van der Waals surface area contributed by atoms with Crippen molar-refractivity contribution >= 4 is 16.9 Å². The van der Waals surface area contributed by atoms with Gasteiger partial charge in [0, 0.05) is 11.3 Å². The zero-order valence-corrected chi connectivity index (χ0v) is 13.3. The summed E-state index contributed by atoms with van der Waals surface area (Å²) in [6.45, 7) is 2.10. The van der Waals surface area contributed by atoms with Gasteiger partial charge in [0.2, 0.25) is 0 Å². The van der Waals surface area contributed by atoms with Crippen molar-refractivity contribution in [2.75, 3.05) is 13.1 Å². The average Bonchev–Trinajstić information content (AvgIpc) is 3.31. The van der Waals surface area contributed by atoms with E-state index in [2.05, 4.69) is 29.6 Å². The van der Waals surface area contributed by atoms with Crippen molar-refractivity contribution in [1.82, 2.24) is 5.32 Å². The molecule has 1 aromatic carbocycles. The molecule has 2 N–H and O–H groups in total. The van der Waals surface area contributed by atoms with E-state index in [-0.39, 0.29) is 12.3 Å². The molecular weight excluding hydrogens is 290 g/mol. The van der Waals surface area contributed by atoms with Crippen LogP contribution in [-0.2, 0) is 4.79 Å². The quantitative estimate of drug-likeness (QED) is 0.879. The summed E-state index contributed by atoms with van der Waals surface area (Å²) in [5, 5.41) is 13.7. The van der Waals surface area contributed by atoms with Crippen LogP contribution in [0.25, 0.3) is 11.0 Å². The maximum absolute atomic E-state index is 11.2. The fraction of sp³-hybridized carbons (Fsp3) is 0.526. The molecule has 1 saturated carbocycles. The molecule has 1 atom stereocenters. The molecule has 4 nitrogen and oxygen atoms in total. The number of rotatable bonds is 5. The third-order valence-corrected chi connectivity index (χ3v) is 5.32. The Kier molecular flexibility index (Phi) is 3.85.